The Balaban J connectivity index is 1.38. The largest absolute Gasteiger partial charge is 0.294 e. The van der Waals surface area contributed by atoms with Crippen LogP contribution in [-0.2, 0) is 6.54 Å². The molecule has 2 aromatic rings. The van der Waals surface area contributed by atoms with Crippen LogP contribution in [-0.4, -0.2) is 38.0 Å². The lowest BCUT2D eigenvalue weighted by atomic mass is 10.3. The van der Waals surface area contributed by atoms with E-state index in [1.807, 2.05) is 6.20 Å². The minimum Gasteiger partial charge on any atom is -0.294 e. The van der Waals surface area contributed by atoms with Gasteiger partial charge in [-0.3, -0.25) is 9.58 Å². The summed E-state index contributed by atoms with van der Waals surface area (Å²) in [6.45, 7) is 5.24. The van der Waals surface area contributed by atoms with Gasteiger partial charge in [0.05, 0.1) is 18.8 Å². The zero-order valence-corrected chi connectivity index (χ0v) is 12.5. The Labute approximate surface area is 122 Å². The van der Waals surface area contributed by atoms with Crippen LogP contribution in [0.4, 0.5) is 0 Å². The highest BCUT2D eigenvalue weighted by Crippen LogP contribution is 2.41. The van der Waals surface area contributed by atoms with Crippen LogP contribution in [0.3, 0.4) is 0 Å². The van der Waals surface area contributed by atoms with Gasteiger partial charge in [-0.2, -0.15) is 5.10 Å². The molecule has 0 spiro atoms. The first kappa shape index (κ1) is 12.5. The summed E-state index contributed by atoms with van der Waals surface area (Å²) >= 11 is 1.81. The Morgan fingerprint density at radius 3 is 2.95 bits per heavy atom. The summed E-state index contributed by atoms with van der Waals surface area (Å²) in [6, 6.07) is 0.513. The molecule has 3 heterocycles. The summed E-state index contributed by atoms with van der Waals surface area (Å²) in [6.07, 6.45) is 7.87. The first-order valence-electron chi connectivity index (χ1n) is 7.33. The normalized spacial score (nSPS) is 23.6. The molecular formula is C14H19N5S. The molecule has 106 valence electrons. The fraction of sp³-hybridized carbons (Fsp3) is 0.643. The monoisotopic (exact) mass is 289 g/mol. The molecule has 1 aliphatic carbocycles. The average Bonchev–Trinajstić information content (AvgIpc) is 2.86. The molecule has 2 aliphatic rings. The smallest absolute Gasteiger partial charge is 0.131 e. The summed E-state index contributed by atoms with van der Waals surface area (Å²) < 4.78 is 2.12. The van der Waals surface area contributed by atoms with Crippen LogP contribution in [0.1, 0.15) is 46.8 Å². The molecule has 0 bridgehead atoms. The molecule has 1 atom stereocenters. The van der Waals surface area contributed by atoms with E-state index in [0.29, 0.717) is 6.04 Å². The van der Waals surface area contributed by atoms with E-state index in [1.165, 1.54) is 34.8 Å². The van der Waals surface area contributed by atoms with Crippen molar-refractivity contribution in [2.75, 3.05) is 13.1 Å². The van der Waals surface area contributed by atoms with Gasteiger partial charge in [0, 0.05) is 25.2 Å². The standard InChI is InChI=1S/C14H19N5S/c1-10-6-15-19(7-10)12-4-5-18(8-12)9-13-16-17-14(20-13)11-2-3-11/h6-7,11-12H,2-5,8-9H2,1H3. The number of hydrogen-bond acceptors (Lipinski definition) is 5. The van der Waals surface area contributed by atoms with Crippen LogP contribution in [0.5, 0.6) is 0 Å². The molecule has 1 aliphatic heterocycles. The molecule has 6 heteroatoms. The van der Waals surface area contributed by atoms with E-state index in [4.69, 9.17) is 0 Å². The summed E-state index contributed by atoms with van der Waals surface area (Å²) in [5.41, 5.74) is 1.24. The van der Waals surface area contributed by atoms with Gasteiger partial charge in [-0.25, -0.2) is 0 Å². The number of likely N-dealkylation sites (tertiary alicyclic amines) is 1. The van der Waals surface area contributed by atoms with Gasteiger partial charge in [-0.05, 0) is 31.7 Å². The van der Waals surface area contributed by atoms with Crippen LogP contribution in [0.25, 0.3) is 0 Å². The van der Waals surface area contributed by atoms with Gasteiger partial charge >= 0.3 is 0 Å². The van der Waals surface area contributed by atoms with Crippen molar-refractivity contribution in [1.82, 2.24) is 24.9 Å². The van der Waals surface area contributed by atoms with Crippen molar-refractivity contribution in [1.29, 1.82) is 0 Å². The molecular weight excluding hydrogens is 270 g/mol. The van der Waals surface area contributed by atoms with E-state index in [-0.39, 0.29) is 0 Å². The maximum atomic E-state index is 4.44. The van der Waals surface area contributed by atoms with Crippen molar-refractivity contribution >= 4 is 11.3 Å². The molecule has 4 rings (SSSR count). The molecule has 5 nitrogen and oxygen atoms in total. The van der Waals surface area contributed by atoms with E-state index in [1.54, 1.807) is 11.3 Å². The number of nitrogens with zero attached hydrogens (tertiary/aromatic N) is 5. The average molecular weight is 289 g/mol. The quantitative estimate of drug-likeness (QED) is 0.867. The number of rotatable bonds is 4. The van der Waals surface area contributed by atoms with E-state index in [9.17, 15) is 0 Å². The molecule has 0 radical (unpaired) electrons. The van der Waals surface area contributed by atoms with Gasteiger partial charge < -0.3 is 0 Å². The second-order valence-corrected chi connectivity index (χ2v) is 7.08. The van der Waals surface area contributed by atoms with Crippen LogP contribution in [0, 0.1) is 6.92 Å². The fourth-order valence-electron chi connectivity index (χ4n) is 2.82. The van der Waals surface area contributed by atoms with Gasteiger partial charge in [-0.15, -0.1) is 10.2 Å². The van der Waals surface area contributed by atoms with Crippen LogP contribution in [0.15, 0.2) is 12.4 Å². The predicted octanol–water partition coefficient (Wildman–Crippen LogP) is 2.37. The molecule has 1 unspecified atom stereocenters. The highest BCUT2D eigenvalue weighted by atomic mass is 32.1. The lowest BCUT2D eigenvalue weighted by Crippen LogP contribution is -2.21. The highest BCUT2D eigenvalue weighted by molar-refractivity contribution is 7.11. The number of aryl methyl sites for hydroxylation is 1. The number of aromatic nitrogens is 4. The third-order valence-electron chi connectivity index (χ3n) is 4.12. The van der Waals surface area contributed by atoms with Crippen LogP contribution in [0.2, 0.25) is 0 Å². The Kier molecular flexibility index (Phi) is 3.07. The van der Waals surface area contributed by atoms with Gasteiger partial charge in [0.1, 0.15) is 10.0 Å². The molecule has 0 amide bonds. The second-order valence-electron chi connectivity index (χ2n) is 5.98. The van der Waals surface area contributed by atoms with Gasteiger partial charge in [0.25, 0.3) is 0 Å². The van der Waals surface area contributed by atoms with Crippen molar-refractivity contribution < 1.29 is 0 Å². The summed E-state index contributed by atoms with van der Waals surface area (Å²) in [5.74, 6) is 0.722. The lowest BCUT2D eigenvalue weighted by molar-refractivity contribution is 0.310. The molecule has 2 fully saturated rings. The molecule has 20 heavy (non-hydrogen) atoms. The van der Waals surface area contributed by atoms with Crippen LogP contribution >= 0.6 is 11.3 Å². The molecule has 1 saturated carbocycles. The molecule has 1 saturated heterocycles. The van der Waals surface area contributed by atoms with Crippen molar-refractivity contribution in [2.45, 2.75) is 44.7 Å². The Morgan fingerprint density at radius 2 is 2.20 bits per heavy atom. The summed E-state index contributed by atoms with van der Waals surface area (Å²) in [5, 5.41) is 15.5. The zero-order chi connectivity index (χ0) is 13.5. The van der Waals surface area contributed by atoms with Crippen molar-refractivity contribution in [2.24, 2.45) is 0 Å². The summed E-state index contributed by atoms with van der Waals surface area (Å²) in [4.78, 5) is 2.47. The van der Waals surface area contributed by atoms with E-state index < -0.39 is 0 Å². The Hall–Kier alpha value is -1.27. The topological polar surface area (TPSA) is 46.8 Å². The first-order valence-corrected chi connectivity index (χ1v) is 8.15. The SMILES string of the molecule is Cc1cnn(C2CCN(Cc3nnc(C4CC4)s3)C2)c1. The maximum absolute atomic E-state index is 4.44. The van der Waals surface area contributed by atoms with Gasteiger partial charge in [-0.1, -0.05) is 11.3 Å². The highest BCUT2D eigenvalue weighted by Gasteiger charge is 2.29. The Bertz CT molecular complexity index is 600. The van der Waals surface area contributed by atoms with Crippen molar-refractivity contribution in [3.8, 4) is 0 Å². The molecule has 0 N–H and O–H groups in total. The van der Waals surface area contributed by atoms with E-state index in [0.717, 1.165) is 25.6 Å². The van der Waals surface area contributed by atoms with Crippen LogP contribution < -0.4 is 0 Å². The third kappa shape index (κ3) is 2.50. The van der Waals surface area contributed by atoms with Crippen molar-refractivity contribution in [3.05, 3.63) is 28.0 Å². The Morgan fingerprint density at radius 1 is 1.30 bits per heavy atom. The summed E-state index contributed by atoms with van der Waals surface area (Å²) in [7, 11) is 0. The number of hydrogen-bond donors (Lipinski definition) is 0. The van der Waals surface area contributed by atoms with E-state index >= 15 is 0 Å². The fourth-order valence-corrected chi connectivity index (χ4v) is 3.88. The molecule has 2 aromatic heterocycles. The lowest BCUT2D eigenvalue weighted by Gasteiger charge is -2.14. The molecule has 0 aromatic carbocycles. The third-order valence-corrected chi connectivity index (χ3v) is 5.19. The minimum atomic E-state index is 0.513. The minimum absolute atomic E-state index is 0.513. The van der Waals surface area contributed by atoms with Gasteiger partial charge in [0.15, 0.2) is 0 Å². The predicted molar refractivity (Wildman–Crippen MR) is 77.8 cm³/mol. The van der Waals surface area contributed by atoms with Gasteiger partial charge in [0.2, 0.25) is 0 Å². The zero-order valence-electron chi connectivity index (χ0n) is 11.7. The maximum Gasteiger partial charge on any atom is 0.131 e. The van der Waals surface area contributed by atoms with Crippen molar-refractivity contribution in [3.63, 3.8) is 0 Å². The van der Waals surface area contributed by atoms with E-state index in [2.05, 4.69) is 38.0 Å². The first-order chi connectivity index (χ1) is 9.78. The second kappa shape index (κ2) is 4.93.